The van der Waals surface area contributed by atoms with Gasteiger partial charge >= 0.3 is 0 Å². The molecule has 1 heterocycles. The second kappa shape index (κ2) is 11.9. The number of azo groups is 1. The summed E-state index contributed by atoms with van der Waals surface area (Å²) in [5.41, 5.74) is 5.92. The summed E-state index contributed by atoms with van der Waals surface area (Å²) < 4.78 is 1.54. The number of aromatic amines is 1. The first-order valence-electron chi connectivity index (χ1n) is 15.2. The van der Waals surface area contributed by atoms with Gasteiger partial charge in [0.25, 0.3) is 5.56 Å². The van der Waals surface area contributed by atoms with E-state index in [1.54, 1.807) is 10.7 Å². The second-order valence-corrected chi connectivity index (χ2v) is 12.0. The average Bonchev–Trinajstić information content (AvgIpc) is 3.30. The number of nitrogens with one attached hydrogen (secondary N) is 1. The van der Waals surface area contributed by atoms with Gasteiger partial charge in [0.05, 0.1) is 11.4 Å². The van der Waals surface area contributed by atoms with Crippen molar-refractivity contribution < 1.29 is 5.11 Å². The van der Waals surface area contributed by atoms with Crippen LogP contribution in [-0.4, -0.2) is 14.9 Å². The molecule has 0 spiro atoms. The van der Waals surface area contributed by atoms with Gasteiger partial charge in [0.15, 0.2) is 11.4 Å². The van der Waals surface area contributed by atoms with Crippen LogP contribution in [0.15, 0.2) is 81.8 Å². The van der Waals surface area contributed by atoms with Crippen molar-refractivity contribution in [2.75, 3.05) is 0 Å². The maximum absolute atomic E-state index is 13.4. The number of para-hydroxylation sites is 1. The highest BCUT2D eigenvalue weighted by atomic mass is 16.3. The summed E-state index contributed by atoms with van der Waals surface area (Å²) in [6, 6.07) is 21.4. The van der Waals surface area contributed by atoms with E-state index in [1.807, 2.05) is 55.5 Å². The first-order valence-corrected chi connectivity index (χ1v) is 15.2. The van der Waals surface area contributed by atoms with Gasteiger partial charge in [-0.15, -0.1) is 10.2 Å². The highest BCUT2D eigenvalue weighted by Crippen LogP contribution is 2.44. The van der Waals surface area contributed by atoms with Gasteiger partial charge in [0, 0.05) is 5.56 Å². The SMILES string of the molecule is Cc1cc(-n2[nH]c(C)c(N=Nc3cccc(-c4ccccc4)c3O)c2=O)ccc1C1CCC(C2CCCCC2)CC1. The van der Waals surface area contributed by atoms with E-state index in [0.29, 0.717) is 22.9 Å². The van der Waals surface area contributed by atoms with Crippen LogP contribution < -0.4 is 5.56 Å². The second-order valence-electron chi connectivity index (χ2n) is 12.0. The van der Waals surface area contributed by atoms with Crippen molar-refractivity contribution in [3.05, 3.63) is 93.9 Å². The lowest BCUT2D eigenvalue weighted by Gasteiger charge is -2.36. The van der Waals surface area contributed by atoms with E-state index in [9.17, 15) is 9.90 Å². The molecule has 2 aliphatic carbocycles. The van der Waals surface area contributed by atoms with Crippen LogP contribution in [0, 0.1) is 25.7 Å². The summed E-state index contributed by atoms with van der Waals surface area (Å²) >= 11 is 0. The fourth-order valence-electron chi connectivity index (χ4n) is 7.17. The largest absolute Gasteiger partial charge is 0.505 e. The van der Waals surface area contributed by atoms with Crippen LogP contribution in [0.3, 0.4) is 0 Å². The van der Waals surface area contributed by atoms with Crippen molar-refractivity contribution in [1.29, 1.82) is 0 Å². The van der Waals surface area contributed by atoms with Crippen molar-refractivity contribution in [2.45, 2.75) is 77.6 Å². The zero-order valence-corrected chi connectivity index (χ0v) is 24.1. The van der Waals surface area contributed by atoms with E-state index in [-0.39, 0.29) is 17.0 Å². The summed E-state index contributed by atoms with van der Waals surface area (Å²) in [5.74, 6) is 2.52. The maximum atomic E-state index is 13.4. The predicted molar refractivity (Wildman–Crippen MR) is 165 cm³/mol. The minimum Gasteiger partial charge on any atom is -0.505 e. The van der Waals surface area contributed by atoms with Gasteiger partial charge in [-0.05, 0) is 92.2 Å². The number of aromatic hydroxyl groups is 1. The Balaban J connectivity index is 1.19. The Hall–Kier alpha value is -3.93. The third kappa shape index (κ3) is 5.65. The summed E-state index contributed by atoms with van der Waals surface area (Å²) in [5, 5.41) is 22.6. The Morgan fingerprint density at radius 3 is 2.27 bits per heavy atom. The van der Waals surface area contributed by atoms with Crippen molar-refractivity contribution in [3.8, 4) is 22.6 Å². The molecule has 2 saturated carbocycles. The molecule has 2 aliphatic rings. The molecule has 0 atom stereocenters. The number of H-pyrrole nitrogens is 1. The molecule has 6 heteroatoms. The summed E-state index contributed by atoms with van der Waals surface area (Å²) in [7, 11) is 0. The van der Waals surface area contributed by atoms with E-state index in [4.69, 9.17) is 0 Å². The standard InChI is InChI=1S/C35H40N4O2/c1-23-22-29(20-21-30(23)28-18-16-26(17-19-28)25-10-5-3-6-11-25)39-35(41)33(24(2)38-39)37-36-32-15-9-14-31(34(32)40)27-12-7-4-8-13-27/h4,7-9,12-15,20-22,25-26,28,38,40H,3,5-6,10-11,16-19H2,1-2H3. The van der Waals surface area contributed by atoms with Crippen LogP contribution in [-0.2, 0) is 0 Å². The van der Waals surface area contributed by atoms with Gasteiger partial charge in [0.2, 0.25) is 0 Å². The molecule has 2 N–H and O–H groups in total. The number of rotatable bonds is 6. The summed E-state index contributed by atoms with van der Waals surface area (Å²) in [6.07, 6.45) is 12.4. The molecule has 212 valence electrons. The highest BCUT2D eigenvalue weighted by molar-refractivity contribution is 5.76. The monoisotopic (exact) mass is 548 g/mol. The minimum absolute atomic E-state index is 0.0370. The van der Waals surface area contributed by atoms with Crippen molar-refractivity contribution in [2.24, 2.45) is 22.1 Å². The third-order valence-corrected chi connectivity index (χ3v) is 9.44. The van der Waals surface area contributed by atoms with Crippen LogP contribution >= 0.6 is 0 Å². The smallest absolute Gasteiger partial charge is 0.299 e. The van der Waals surface area contributed by atoms with Gasteiger partial charge in [-0.3, -0.25) is 9.89 Å². The zero-order valence-electron chi connectivity index (χ0n) is 24.1. The Morgan fingerprint density at radius 1 is 0.805 bits per heavy atom. The molecule has 0 saturated heterocycles. The Bertz CT molecular complexity index is 1590. The molecule has 3 aromatic carbocycles. The lowest BCUT2D eigenvalue weighted by Crippen LogP contribution is -2.23. The number of hydrogen-bond acceptors (Lipinski definition) is 4. The quantitative estimate of drug-likeness (QED) is 0.235. The topological polar surface area (TPSA) is 82.7 Å². The molecular weight excluding hydrogens is 508 g/mol. The van der Waals surface area contributed by atoms with Gasteiger partial charge in [-0.25, -0.2) is 4.68 Å². The summed E-state index contributed by atoms with van der Waals surface area (Å²) in [6.45, 7) is 3.98. The predicted octanol–water partition coefficient (Wildman–Crippen LogP) is 9.42. The van der Waals surface area contributed by atoms with Crippen LogP contribution in [0.5, 0.6) is 5.75 Å². The van der Waals surface area contributed by atoms with Crippen molar-refractivity contribution in [3.63, 3.8) is 0 Å². The molecule has 41 heavy (non-hydrogen) atoms. The average molecular weight is 549 g/mol. The molecule has 0 unspecified atom stereocenters. The highest BCUT2D eigenvalue weighted by Gasteiger charge is 2.29. The van der Waals surface area contributed by atoms with Crippen LogP contribution in [0.1, 0.15) is 80.5 Å². The lowest BCUT2D eigenvalue weighted by molar-refractivity contribution is 0.186. The van der Waals surface area contributed by atoms with E-state index in [1.165, 1.54) is 68.9 Å². The Labute approximate surface area is 242 Å². The third-order valence-electron chi connectivity index (χ3n) is 9.44. The van der Waals surface area contributed by atoms with E-state index < -0.39 is 0 Å². The number of phenolic OH excluding ortho intramolecular Hbond substituents is 1. The number of phenols is 1. The fourth-order valence-corrected chi connectivity index (χ4v) is 7.17. The lowest BCUT2D eigenvalue weighted by atomic mass is 9.69. The molecule has 0 aliphatic heterocycles. The summed E-state index contributed by atoms with van der Waals surface area (Å²) in [4.78, 5) is 13.4. The molecule has 0 radical (unpaired) electrons. The van der Waals surface area contributed by atoms with Crippen LogP contribution in [0.25, 0.3) is 16.8 Å². The van der Waals surface area contributed by atoms with Gasteiger partial charge in [0.1, 0.15) is 5.69 Å². The minimum atomic E-state index is -0.259. The van der Waals surface area contributed by atoms with Crippen LogP contribution in [0.4, 0.5) is 11.4 Å². The van der Waals surface area contributed by atoms with E-state index >= 15 is 0 Å². The molecule has 1 aromatic heterocycles. The number of aromatic nitrogens is 2. The van der Waals surface area contributed by atoms with Crippen molar-refractivity contribution >= 4 is 11.4 Å². The molecular formula is C35H40N4O2. The Morgan fingerprint density at radius 2 is 1.54 bits per heavy atom. The van der Waals surface area contributed by atoms with Crippen LogP contribution in [0.2, 0.25) is 0 Å². The van der Waals surface area contributed by atoms with E-state index in [2.05, 4.69) is 34.4 Å². The first-order chi connectivity index (χ1) is 20.0. The Kier molecular flexibility index (Phi) is 7.91. The number of benzene rings is 3. The van der Waals surface area contributed by atoms with Crippen molar-refractivity contribution in [1.82, 2.24) is 9.78 Å². The van der Waals surface area contributed by atoms with Gasteiger partial charge in [-0.1, -0.05) is 80.6 Å². The number of aryl methyl sites for hydroxylation is 2. The molecule has 4 aromatic rings. The molecule has 2 fully saturated rings. The van der Waals surface area contributed by atoms with Gasteiger partial charge in [-0.2, -0.15) is 0 Å². The van der Waals surface area contributed by atoms with E-state index in [0.717, 1.165) is 23.1 Å². The molecule has 0 bridgehead atoms. The normalized spacial score (nSPS) is 20.0. The number of nitrogens with zero attached hydrogens (tertiary/aromatic N) is 3. The zero-order chi connectivity index (χ0) is 28.3. The molecule has 0 amide bonds. The molecule has 6 rings (SSSR count). The first kappa shape index (κ1) is 27.3. The maximum Gasteiger partial charge on any atom is 0.299 e. The molecule has 6 nitrogen and oxygen atoms in total. The fraction of sp³-hybridized carbons (Fsp3) is 0.400. The van der Waals surface area contributed by atoms with Gasteiger partial charge < -0.3 is 5.11 Å². The number of hydrogen-bond donors (Lipinski definition) is 2.